The maximum atomic E-state index is 13.9. The molecular weight excluding hydrogens is 273 g/mol. The first kappa shape index (κ1) is 12.2. The van der Waals surface area contributed by atoms with Gasteiger partial charge in [0.15, 0.2) is 0 Å². The molecule has 0 aliphatic carbocycles. The van der Waals surface area contributed by atoms with Gasteiger partial charge in [-0.2, -0.15) is 0 Å². The van der Waals surface area contributed by atoms with Crippen molar-refractivity contribution in [1.82, 2.24) is 13.9 Å². The molecule has 5 nitrogen and oxygen atoms in total. The third-order valence-electron chi connectivity index (χ3n) is 3.26. The number of halogens is 2. The average Bonchev–Trinajstić information content (AvgIpc) is 2.64. The Hall–Kier alpha value is -1.82. The Morgan fingerprint density at radius 3 is 2.16 bits per heavy atom. The molecule has 100 valence electrons. The fourth-order valence-corrected chi connectivity index (χ4v) is 2.50. The summed E-state index contributed by atoms with van der Waals surface area (Å²) in [5.41, 5.74) is -1.08. The van der Waals surface area contributed by atoms with E-state index in [0.717, 1.165) is 23.5 Å². The van der Waals surface area contributed by atoms with Crippen LogP contribution in [0.4, 0.5) is 4.39 Å². The summed E-state index contributed by atoms with van der Waals surface area (Å²) in [6, 6.07) is 3.88. The Kier molecular flexibility index (Phi) is 2.82. The maximum Gasteiger partial charge on any atom is 0.351 e. The number of aromatic nitrogens is 3. The van der Waals surface area contributed by atoms with Crippen molar-refractivity contribution in [2.24, 2.45) is 0 Å². The summed E-state index contributed by atoms with van der Waals surface area (Å²) >= 11 is 5.67. The van der Waals surface area contributed by atoms with Gasteiger partial charge in [-0.25, -0.2) is 27.9 Å². The van der Waals surface area contributed by atoms with Crippen LogP contribution in [0, 0.1) is 5.82 Å². The van der Waals surface area contributed by atoms with E-state index in [2.05, 4.69) is 0 Å². The summed E-state index contributed by atoms with van der Waals surface area (Å²) in [5, 5.41) is 0.221. The molecule has 1 aliphatic rings. The van der Waals surface area contributed by atoms with Crippen LogP contribution in [0.5, 0.6) is 0 Å². The van der Waals surface area contributed by atoms with Crippen molar-refractivity contribution in [2.45, 2.75) is 25.9 Å². The fourth-order valence-electron chi connectivity index (χ4n) is 2.34. The van der Waals surface area contributed by atoms with Gasteiger partial charge < -0.3 is 0 Å². The van der Waals surface area contributed by atoms with Crippen LogP contribution in [0.1, 0.15) is 12.8 Å². The highest BCUT2D eigenvalue weighted by molar-refractivity contribution is 6.30. The van der Waals surface area contributed by atoms with E-state index in [-0.39, 0.29) is 10.7 Å². The van der Waals surface area contributed by atoms with Crippen LogP contribution in [0.15, 0.2) is 27.8 Å². The van der Waals surface area contributed by atoms with Crippen molar-refractivity contribution >= 4 is 11.6 Å². The molecule has 7 heteroatoms. The van der Waals surface area contributed by atoms with E-state index in [0.29, 0.717) is 13.1 Å². The molecule has 0 saturated heterocycles. The van der Waals surface area contributed by atoms with E-state index in [1.165, 1.54) is 21.5 Å². The third-order valence-corrected chi connectivity index (χ3v) is 3.49. The Labute approximate surface area is 112 Å². The monoisotopic (exact) mass is 283 g/mol. The van der Waals surface area contributed by atoms with Crippen molar-refractivity contribution in [3.8, 4) is 5.69 Å². The first-order chi connectivity index (χ1) is 9.09. The molecule has 1 aliphatic heterocycles. The van der Waals surface area contributed by atoms with E-state index < -0.39 is 17.2 Å². The van der Waals surface area contributed by atoms with Crippen molar-refractivity contribution < 1.29 is 4.39 Å². The fraction of sp³-hybridized carbons (Fsp3) is 0.333. The van der Waals surface area contributed by atoms with Crippen LogP contribution in [0.25, 0.3) is 5.69 Å². The van der Waals surface area contributed by atoms with Gasteiger partial charge in [-0.1, -0.05) is 11.6 Å². The molecule has 3 rings (SSSR count). The van der Waals surface area contributed by atoms with E-state index in [1.807, 2.05) is 0 Å². The molecule has 0 bridgehead atoms. The molecule has 19 heavy (non-hydrogen) atoms. The quantitative estimate of drug-likeness (QED) is 0.794. The van der Waals surface area contributed by atoms with Crippen LogP contribution in [-0.4, -0.2) is 13.9 Å². The highest BCUT2D eigenvalue weighted by Gasteiger charge is 2.21. The van der Waals surface area contributed by atoms with Crippen LogP contribution < -0.4 is 11.4 Å². The number of rotatable bonds is 1. The highest BCUT2D eigenvalue weighted by atomic mass is 35.5. The second kappa shape index (κ2) is 4.38. The Balaban J connectivity index is 2.29. The van der Waals surface area contributed by atoms with Crippen LogP contribution >= 0.6 is 11.6 Å². The third kappa shape index (κ3) is 1.83. The zero-order valence-electron chi connectivity index (χ0n) is 9.97. The van der Waals surface area contributed by atoms with Gasteiger partial charge in [-0.3, -0.25) is 0 Å². The smallest absolute Gasteiger partial charge is 0.246 e. The van der Waals surface area contributed by atoms with Crippen LogP contribution in [-0.2, 0) is 13.1 Å². The van der Waals surface area contributed by atoms with Crippen molar-refractivity contribution in [3.63, 3.8) is 0 Å². The maximum absolute atomic E-state index is 13.9. The molecule has 0 atom stereocenters. The van der Waals surface area contributed by atoms with Gasteiger partial charge in [0.05, 0.1) is 5.69 Å². The zero-order valence-corrected chi connectivity index (χ0v) is 10.7. The lowest BCUT2D eigenvalue weighted by atomic mass is 10.3. The predicted octanol–water partition coefficient (Wildman–Crippen LogP) is 1.39. The van der Waals surface area contributed by atoms with Gasteiger partial charge >= 0.3 is 11.4 Å². The lowest BCUT2D eigenvalue weighted by molar-refractivity contribution is 0.348. The number of benzene rings is 1. The molecular formula is C12H11ClFN3O2. The van der Waals surface area contributed by atoms with E-state index in [4.69, 9.17) is 11.6 Å². The standard InChI is InChI=1S/C12H11ClFN3O2/c13-8-3-4-10(9(14)7-8)17-11(18)15-5-1-2-6-16(15)12(17)19/h3-4,7H,1-2,5-6H2. The molecule has 0 fully saturated rings. The lowest BCUT2D eigenvalue weighted by Crippen LogP contribution is -2.30. The summed E-state index contributed by atoms with van der Waals surface area (Å²) < 4.78 is 17.4. The number of hydrogen-bond donors (Lipinski definition) is 0. The number of fused-ring (bicyclic) bond motifs is 1. The van der Waals surface area contributed by atoms with Gasteiger partial charge in [-0.15, -0.1) is 0 Å². The highest BCUT2D eigenvalue weighted by Crippen LogP contribution is 2.16. The average molecular weight is 284 g/mol. The van der Waals surface area contributed by atoms with Crippen molar-refractivity contribution in [3.05, 3.63) is 50.0 Å². The molecule has 2 aromatic rings. The van der Waals surface area contributed by atoms with E-state index in [1.54, 1.807) is 0 Å². The summed E-state index contributed by atoms with van der Waals surface area (Å²) in [6.45, 7) is 0.965. The topological polar surface area (TPSA) is 48.9 Å². The van der Waals surface area contributed by atoms with Gasteiger partial charge in [0, 0.05) is 18.1 Å². The first-order valence-corrected chi connectivity index (χ1v) is 6.35. The molecule has 1 aromatic heterocycles. The van der Waals surface area contributed by atoms with E-state index >= 15 is 0 Å². The molecule has 0 N–H and O–H groups in total. The minimum atomic E-state index is -0.685. The number of hydrogen-bond acceptors (Lipinski definition) is 2. The van der Waals surface area contributed by atoms with Crippen LogP contribution in [0.2, 0.25) is 5.02 Å². The van der Waals surface area contributed by atoms with E-state index in [9.17, 15) is 14.0 Å². The summed E-state index contributed by atoms with van der Waals surface area (Å²) in [7, 11) is 0. The summed E-state index contributed by atoms with van der Waals surface area (Å²) in [4.78, 5) is 24.4. The first-order valence-electron chi connectivity index (χ1n) is 5.97. The lowest BCUT2D eigenvalue weighted by Gasteiger charge is -2.13. The van der Waals surface area contributed by atoms with Gasteiger partial charge in [-0.05, 0) is 31.0 Å². The Bertz CT molecular complexity index is 722. The zero-order chi connectivity index (χ0) is 13.6. The second-order valence-corrected chi connectivity index (χ2v) is 4.89. The molecule has 1 aromatic carbocycles. The molecule has 0 radical (unpaired) electrons. The summed E-state index contributed by atoms with van der Waals surface area (Å²) in [6.07, 6.45) is 1.68. The van der Waals surface area contributed by atoms with Crippen molar-refractivity contribution in [2.75, 3.05) is 0 Å². The van der Waals surface area contributed by atoms with Gasteiger partial charge in [0.1, 0.15) is 5.82 Å². The number of nitrogens with zero attached hydrogens (tertiary/aromatic N) is 3. The molecule has 0 amide bonds. The minimum absolute atomic E-state index is 0.0613. The second-order valence-electron chi connectivity index (χ2n) is 4.45. The summed E-state index contributed by atoms with van der Waals surface area (Å²) in [5.74, 6) is -0.685. The Morgan fingerprint density at radius 1 is 1.05 bits per heavy atom. The Morgan fingerprint density at radius 2 is 1.63 bits per heavy atom. The molecule has 2 heterocycles. The van der Waals surface area contributed by atoms with Crippen LogP contribution in [0.3, 0.4) is 0 Å². The van der Waals surface area contributed by atoms with Crippen molar-refractivity contribution in [1.29, 1.82) is 0 Å². The minimum Gasteiger partial charge on any atom is -0.246 e. The van der Waals surface area contributed by atoms with Gasteiger partial charge in [0.2, 0.25) is 0 Å². The molecule has 0 saturated carbocycles. The largest absolute Gasteiger partial charge is 0.351 e. The normalized spacial score (nSPS) is 14.4. The van der Waals surface area contributed by atoms with Gasteiger partial charge in [0.25, 0.3) is 0 Å². The molecule has 0 unspecified atom stereocenters. The SMILES string of the molecule is O=c1n(-c2ccc(Cl)cc2F)c(=O)n2n1CCCC2. The molecule has 0 spiro atoms. The predicted molar refractivity (Wildman–Crippen MR) is 68.5 cm³/mol.